The third kappa shape index (κ3) is 5.23. The number of amides is 1. The van der Waals surface area contributed by atoms with E-state index in [-0.39, 0.29) is 11.8 Å². The minimum Gasteiger partial charge on any atom is -0.356 e. The number of carbonyl (C=O) groups is 1. The van der Waals surface area contributed by atoms with E-state index in [0.717, 1.165) is 38.4 Å². The monoisotopic (exact) mass is 280 g/mol. The van der Waals surface area contributed by atoms with Crippen molar-refractivity contribution in [3.8, 4) is 0 Å². The van der Waals surface area contributed by atoms with Crippen LogP contribution in [0, 0.1) is 5.92 Å². The first kappa shape index (κ1) is 16.5. The number of aliphatic imine (C=N–C) groups is 1. The molecule has 0 aromatic heterocycles. The van der Waals surface area contributed by atoms with Crippen LogP contribution in [0.25, 0.3) is 0 Å². The zero-order chi connectivity index (χ0) is 15.0. The molecule has 5 heteroatoms. The average molecular weight is 280 g/mol. The molecule has 1 saturated heterocycles. The zero-order valence-electron chi connectivity index (χ0n) is 13.1. The van der Waals surface area contributed by atoms with Gasteiger partial charge < -0.3 is 15.5 Å². The second kappa shape index (κ2) is 8.61. The van der Waals surface area contributed by atoms with Gasteiger partial charge in [0.1, 0.15) is 0 Å². The van der Waals surface area contributed by atoms with Crippen molar-refractivity contribution >= 4 is 11.9 Å². The molecule has 0 bridgehead atoms. The molecule has 1 fully saturated rings. The topological polar surface area (TPSA) is 56.7 Å². The Morgan fingerprint density at radius 3 is 2.85 bits per heavy atom. The fourth-order valence-corrected chi connectivity index (χ4v) is 2.27. The molecule has 0 spiro atoms. The number of likely N-dealkylation sites (tertiary alicyclic amines) is 1. The summed E-state index contributed by atoms with van der Waals surface area (Å²) in [5.74, 6) is 1.13. The van der Waals surface area contributed by atoms with Crippen LogP contribution in [-0.4, -0.2) is 49.5 Å². The van der Waals surface area contributed by atoms with E-state index in [0.29, 0.717) is 6.04 Å². The molecular formula is C15H28N4O. The molecule has 1 unspecified atom stereocenters. The van der Waals surface area contributed by atoms with Crippen LogP contribution in [0.3, 0.4) is 0 Å². The van der Waals surface area contributed by atoms with Crippen LogP contribution in [0.15, 0.2) is 17.1 Å². The van der Waals surface area contributed by atoms with Gasteiger partial charge in [-0.25, -0.2) is 0 Å². The molecule has 114 valence electrons. The van der Waals surface area contributed by atoms with Crippen LogP contribution < -0.4 is 10.6 Å². The van der Waals surface area contributed by atoms with Crippen LogP contribution >= 0.6 is 0 Å². The maximum atomic E-state index is 11.9. The van der Waals surface area contributed by atoms with E-state index in [1.54, 1.807) is 7.05 Å². The van der Waals surface area contributed by atoms with Crippen molar-refractivity contribution in [3.63, 3.8) is 0 Å². The summed E-state index contributed by atoms with van der Waals surface area (Å²) in [5, 5.41) is 6.67. The second-order valence-corrected chi connectivity index (χ2v) is 5.43. The van der Waals surface area contributed by atoms with Crippen molar-refractivity contribution in [2.24, 2.45) is 10.9 Å². The predicted molar refractivity (Wildman–Crippen MR) is 83.8 cm³/mol. The lowest BCUT2D eigenvalue weighted by Crippen LogP contribution is -2.45. The van der Waals surface area contributed by atoms with Crippen LogP contribution in [0.4, 0.5) is 0 Å². The van der Waals surface area contributed by atoms with E-state index in [1.165, 1.54) is 0 Å². The summed E-state index contributed by atoms with van der Waals surface area (Å²) in [5.41, 5.74) is 0. The number of hydrogen-bond acceptors (Lipinski definition) is 2. The summed E-state index contributed by atoms with van der Waals surface area (Å²) in [6.45, 7) is 8.39. The van der Waals surface area contributed by atoms with E-state index in [2.05, 4.69) is 21.7 Å². The Hall–Kier alpha value is -1.52. The minimum atomic E-state index is 0.0759. The molecule has 1 aliphatic rings. The van der Waals surface area contributed by atoms with Gasteiger partial charge in [0.25, 0.3) is 0 Å². The number of rotatable bonds is 5. The summed E-state index contributed by atoms with van der Waals surface area (Å²) in [4.78, 5) is 18.1. The third-order valence-electron chi connectivity index (χ3n) is 3.40. The van der Waals surface area contributed by atoms with Gasteiger partial charge in [0.2, 0.25) is 5.91 Å². The molecule has 0 saturated carbocycles. The maximum Gasteiger partial charge on any atom is 0.225 e. The molecule has 20 heavy (non-hydrogen) atoms. The molecule has 0 aliphatic carbocycles. The third-order valence-corrected chi connectivity index (χ3v) is 3.40. The fraction of sp³-hybridized carbons (Fsp3) is 0.733. The second-order valence-electron chi connectivity index (χ2n) is 5.43. The first-order chi connectivity index (χ1) is 9.58. The first-order valence-electron chi connectivity index (χ1n) is 7.45. The van der Waals surface area contributed by atoms with Crippen molar-refractivity contribution in [1.82, 2.24) is 15.5 Å². The summed E-state index contributed by atoms with van der Waals surface area (Å²) in [7, 11) is 1.77. The van der Waals surface area contributed by atoms with Gasteiger partial charge in [-0.15, -0.1) is 0 Å². The molecule has 2 N–H and O–H groups in total. The number of allylic oxidation sites excluding steroid dienone is 1. The van der Waals surface area contributed by atoms with Crippen LogP contribution in [0.1, 0.15) is 33.6 Å². The average Bonchev–Trinajstić information content (AvgIpc) is 2.89. The Labute approximate surface area is 122 Å². The largest absolute Gasteiger partial charge is 0.356 e. The van der Waals surface area contributed by atoms with E-state index in [1.807, 2.05) is 31.7 Å². The van der Waals surface area contributed by atoms with Gasteiger partial charge in [0, 0.05) is 38.6 Å². The minimum absolute atomic E-state index is 0.0759. The van der Waals surface area contributed by atoms with E-state index in [4.69, 9.17) is 0 Å². The standard InChI is InChI=1S/C15H28N4O/c1-5-6-7-9-17-15(16-4)18-13-8-10-19(11-13)14(20)12(2)3/h5-6,12-13H,7-11H2,1-4H3,(H2,16,17,18)/b6-5+. The molecule has 1 rings (SSSR count). The van der Waals surface area contributed by atoms with Gasteiger partial charge >= 0.3 is 0 Å². The number of hydrogen-bond donors (Lipinski definition) is 2. The Morgan fingerprint density at radius 2 is 2.25 bits per heavy atom. The van der Waals surface area contributed by atoms with Gasteiger partial charge in [-0.3, -0.25) is 9.79 Å². The molecule has 1 aliphatic heterocycles. The van der Waals surface area contributed by atoms with Crippen molar-refractivity contribution in [1.29, 1.82) is 0 Å². The smallest absolute Gasteiger partial charge is 0.225 e. The van der Waals surface area contributed by atoms with Crippen molar-refractivity contribution < 1.29 is 4.79 Å². The Kier molecular flexibility index (Phi) is 7.12. The van der Waals surface area contributed by atoms with Crippen molar-refractivity contribution in [2.45, 2.75) is 39.7 Å². The van der Waals surface area contributed by atoms with Gasteiger partial charge in [-0.2, -0.15) is 0 Å². The maximum absolute atomic E-state index is 11.9. The molecule has 1 heterocycles. The SMILES string of the molecule is C/C=C/CCNC(=NC)NC1CCN(C(=O)C(C)C)C1. The summed E-state index contributed by atoms with van der Waals surface area (Å²) >= 11 is 0. The molecule has 0 aromatic rings. The Bertz CT molecular complexity index is 363. The zero-order valence-corrected chi connectivity index (χ0v) is 13.1. The van der Waals surface area contributed by atoms with Crippen LogP contribution in [0.5, 0.6) is 0 Å². The Balaban J connectivity index is 2.35. The van der Waals surface area contributed by atoms with E-state index >= 15 is 0 Å². The molecular weight excluding hydrogens is 252 g/mol. The van der Waals surface area contributed by atoms with Crippen LogP contribution in [0.2, 0.25) is 0 Å². The summed E-state index contributed by atoms with van der Waals surface area (Å²) < 4.78 is 0. The number of nitrogens with zero attached hydrogens (tertiary/aromatic N) is 2. The predicted octanol–water partition coefficient (Wildman–Crippen LogP) is 1.37. The molecule has 1 atom stereocenters. The molecule has 0 radical (unpaired) electrons. The lowest BCUT2D eigenvalue weighted by atomic mass is 10.2. The van der Waals surface area contributed by atoms with Gasteiger partial charge in [0.15, 0.2) is 5.96 Å². The molecule has 0 aromatic carbocycles. The highest BCUT2D eigenvalue weighted by Gasteiger charge is 2.27. The quantitative estimate of drug-likeness (QED) is 0.346. The molecule has 1 amide bonds. The normalized spacial score (nSPS) is 19.9. The van der Waals surface area contributed by atoms with E-state index < -0.39 is 0 Å². The number of carbonyl (C=O) groups excluding carboxylic acids is 1. The number of guanidine groups is 1. The highest BCUT2D eigenvalue weighted by Crippen LogP contribution is 2.12. The van der Waals surface area contributed by atoms with Crippen LogP contribution in [-0.2, 0) is 4.79 Å². The van der Waals surface area contributed by atoms with Crippen molar-refractivity contribution in [2.75, 3.05) is 26.7 Å². The highest BCUT2D eigenvalue weighted by atomic mass is 16.2. The number of nitrogens with one attached hydrogen (secondary N) is 2. The fourth-order valence-electron chi connectivity index (χ4n) is 2.27. The first-order valence-corrected chi connectivity index (χ1v) is 7.45. The molecule has 5 nitrogen and oxygen atoms in total. The van der Waals surface area contributed by atoms with Gasteiger partial charge in [0.05, 0.1) is 0 Å². The Morgan fingerprint density at radius 1 is 1.50 bits per heavy atom. The van der Waals surface area contributed by atoms with Gasteiger partial charge in [-0.1, -0.05) is 26.0 Å². The highest BCUT2D eigenvalue weighted by molar-refractivity contribution is 5.81. The summed E-state index contributed by atoms with van der Waals surface area (Å²) in [6.07, 6.45) is 6.14. The van der Waals surface area contributed by atoms with Crippen molar-refractivity contribution in [3.05, 3.63) is 12.2 Å². The lowest BCUT2D eigenvalue weighted by Gasteiger charge is -2.20. The lowest BCUT2D eigenvalue weighted by molar-refractivity contribution is -0.133. The summed E-state index contributed by atoms with van der Waals surface area (Å²) in [6, 6.07) is 0.297. The van der Waals surface area contributed by atoms with E-state index in [9.17, 15) is 4.79 Å². The van der Waals surface area contributed by atoms with Gasteiger partial charge in [-0.05, 0) is 19.8 Å².